The van der Waals surface area contributed by atoms with Gasteiger partial charge in [0.15, 0.2) is 5.96 Å². The molecule has 2 rings (SSSR count). The predicted octanol–water partition coefficient (Wildman–Crippen LogP) is 4.53. The first-order valence-corrected chi connectivity index (χ1v) is 9.24. The monoisotopic (exact) mass is 523 g/mol. The van der Waals surface area contributed by atoms with Gasteiger partial charge in [0.2, 0.25) is 0 Å². The Morgan fingerprint density at radius 1 is 1.24 bits per heavy atom. The molecule has 1 heterocycles. The third kappa shape index (κ3) is 6.90. The Balaban J connectivity index is 0.00000420. The van der Waals surface area contributed by atoms with Crippen molar-refractivity contribution in [2.24, 2.45) is 12.0 Å². The number of alkyl halides is 3. The van der Waals surface area contributed by atoms with Crippen LogP contribution in [-0.4, -0.2) is 29.3 Å². The van der Waals surface area contributed by atoms with E-state index in [0.29, 0.717) is 31.0 Å². The van der Waals surface area contributed by atoms with Crippen LogP contribution in [0.3, 0.4) is 0 Å². The molecule has 1 unspecified atom stereocenters. The quantitative estimate of drug-likeness (QED) is 0.333. The molecule has 0 amide bonds. The van der Waals surface area contributed by atoms with Crippen molar-refractivity contribution in [1.82, 2.24) is 20.4 Å². The van der Waals surface area contributed by atoms with Gasteiger partial charge in [-0.15, -0.1) is 24.0 Å². The molecule has 1 atom stereocenters. The average molecular weight is 523 g/mol. The van der Waals surface area contributed by atoms with Crippen LogP contribution in [-0.2, 0) is 19.8 Å². The maximum Gasteiger partial charge on any atom is 0.416 e. The normalized spacial score (nSPS) is 13.0. The van der Waals surface area contributed by atoms with Crippen LogP contribution >= 0.6 is 24.0 Å². The Bertz CT molecular complexity index is 830. The molecular weight excluding hydrogens is 494 g/mol. The van der Waals surface area contributed by atoms with Crippen molar-refractivity contribution in [1.29, 1.82) is 0 Å². The number of halogens is 4. The van der Waals surface area contributed by atoms with Gasteiger partial charge in [-0.05, 0) is 37.8 Å². The van der Waals surface area contributed by atoms with Crippen LogP contribution in [0.1, 0.15) is 47.3 Å². The molecule has 0 radical (unpaired) electrons. The molecular formula is C20H29F3IN5. The number of aromatic nitrogens is 2. The maximum absolute atomic E-state index is 12.9. The Morgan fingerprint density at radius 2 is 1.93 bits per heavy atom. The van der Waals surface area contributed by atoms with Gasteiger partial charge in [0.1, 0.15) is 0 Å². The van der Waals surface area contributed by atoms with Crippen LogP contribution in [0, 0.1) is 13.8 Å². The fourth-order valence-corrected chi connectivity index (χ4v) is 3.06. The molecule has 0 bridgehead atoms. The summed E-state index contributed by atoms with van der Waals surface area (Å²) in [6.07, 6.45) is -3.63. The summed E-state index contributed by atoms with van der Waals surface area (Å²) in [5.41, 5.74) is 3.27. The number of hydrogen-bond acceptors (Lipinski definition) is 2. The minimum atomic E-state index is -4.32. The standard InChI is InChI=1S/C20H28F3N5.HI/c1-13(16-7-6-8-17(11-16)20(21,22)23)9-10-25-19(24-4)26-12-18-14(2)27-28(5)15(18)3;/h6-8,11,13H,9-10,12H2,1-5H3,(H2,24,25,26);1H. The summed E-state index contributed by atoms with van der Waals surface area (Å²) in [7, 11) is 3.60. The topological polar surface area (TPSA) is 54.2 Å². The van der Waals surface area contributed by atoms with Gasteiger partial charge in [-0.25, -0.2) is 0 Å². The molecule has 0 saturated carbocycles. The Morgan fingerprint density at radius 3 is 2.48 bits per heavy atom. The van der Waals surface area contributed by atoms with Gasteiger partial charge in [-0.2, -0.15) is 18.3 Å². The molecule has 162 valence electrons. The van der Waals surface area contributed by atoms with Crippen molar-refractivity contribution < 1.29 is 13.2 Å². The zero-order chi connectivity index (χ0) is 20.9. The number of benzene rings is 1. The van der Waals surface area contributed by atoms with Crippen molar-refractivity contribution in [2.75, 3.05) is 13.6 Å². The molecule has 5 nitrogen and oxygen atoms in total. The second-order valence-corrected chi connectivity index (χ2v) is 6.94. The molecule has 2 aromatic rings. The van der Waals surface area contributed by atoms with E-state index in [2.05, 4.69) is 20.7 Å². The highest BCUT2D eigenvalue weighted by Crippen LogP contribution is 2.31. The fraction of sp³-hybridized carbons (Fsp3) is 0.500. The first-order chi connectivity index (χ1) is 13.1. The van der Waals surface area contributed by atoms with Crippen molar-refractivity contribution in [3.63, 3.8) is 0 Å². The van der Waals surface area contributed by atoms with Gasteiger partial charge in [0.05, 0.1) is 11.3 Å². The SMILES string of the molecule is CN=C(NCCC(C)c1cccc(C(F)(F)F)c1)NCc1c(C)nn(C)c1C.I. The van der Waals surface area contributed by atoms with E-state index in [9.17, 15) is 13.2 Å². The van der Waals surface area contributed by atoms with Gasteiger partial charge in [0, 0.05) is 38.4 Å². The van der Waals surface area contributed by atoms with E-state index in [1.807, 2.05) is 32.5 Å². The molecule has 0 aliphatic rings. The van der Waals surface area contributed by atoms with Crippen LogP contribution in [0.2, 0.25) is 0 Å². The van der Waals surface area contributed by atoms with Crippen molar-refractivity contribution >= 4 is 29.9 Å². The maximum atomic E-state index is 12.9. The number of aliphatic imine (C=N–C) groups is 1. The molecule has 0 fully saturated rings. The van der Waals surface area contributed by atoms with Gasteiger partial charge < -0.3 is 10.6 Å². The van der Waals surface area contributed by atoms with E-state index in [0.717, 1.165) is 23.0 Å². The summed E-state index contributed by atoms with van der Waals surface area (Å²) in [6, 6.07) is 5.52. The number of rotatable bonds is 6. The lowest BCUT2D eigenvalue weighted by molar-refractivity contribution is -0.137. The van der Waals surface area contributed by atoms with E-state index < -0.39 is 11.7 Å². The highest BCUT2D eigenvalue weighted by molar-refractivity contribution is 14.0. The molecule has 0 saturated heterocycles. The van der Waals surface area contributed by atoms with Crippen molar-refractivity contribution in [3.05, 3.63) is 52.3 Å². The third-order valence-corrected chi connectivity index (χ3v) is 4.97. The minimum Gasteiger partial charge on any atom is -0.356 e. The smallest absolute Gasteiger partial charge is 0.356 e. The van der Waals surface area contributed by atoms with Gasteiger partial charge in [-0.1, -0.05) is 25.1 Å². The Kier molecular flexibility index (Phi) is 9.44. The summed E-state index contributed by atoms with van der Waals surface area (Å²) in [5, 5.41) is 10.9. The average Bonchev–Trinajstić information content (AvgIpc) is 2.89. The largest absolute Gasteiger partial charge is 0.416 e. The summed E-state index contributed by atoms with van der Waals surface area (Å²) in [5.74, 6) is 0.648. The molecule has 1 aromatic carbocycles. The minimum absolute atomic E-state index is 0. The number of aryl methyl sites for hydroxylation is 2. The van der Waals surface area contributed by atoms with Crippen LogP contribution in [0.5, 0.6) is 0 Å². The lowest BCUT2D eigenvalue weighted by Gasteiger charge is -2.16. The van der Waals surface area contributed by atoms with Crippen LogP contribution in [0.15, 0.2) is 29.3 Å². The van der Waals surface area contributed by atoms with E-state index in [-0.39, 0.29) is 29.9 Å². The molecule has 9 heteroatoms. The molecule has 0 aliphatic heterocycles. The van der Waals surface area contributed by atoms with E-state index in [4.69, 9.17) is 0 Å². The Labute approximate surface area is 187 Å². The summed E-state index contributed by atoms with van der Waals surface area (Å²) < 4.78 is 40.5. The van der Waals surface area contributed by atoms with Gasteiger partial charge in [0.25, 0.3) is 0 Å². The second-order valence-electron chi connectivity index (χ2n) is 6.94. The van der Waals surface area contributed by atoms with Crippen LogP contribution < -0.4 is 10.6 Å². The molecule has 0 spiro atoms. The number of hydrogen-bond donors (Lipinski definition) is 2. The van der Waals surface area contributed by atoms with Crippen LogP contribution in [0.25, 0.3) is 0 Å². The first-order valence-electron chi connectivity index (χ1n) is 9.24. The number of nitrogens with one attached hydrogen (secondary N) is 2. The van der Waals surface area contributed by atoms with Crippen molar-refractivity contribution in [3.8, 4) is 0 Å². The lowest BCUT2D eigenvalue weighted by atomic mass is 9.96. The number of guanidine groups is 1. The first kappa shape index (κ1) is 25.3. The Hall–Kier alpha value is -1.78. The second kappa shape index (κ2) is 10.8. The summed E-state index contributed by atoms with van der Waals surface area (Å²) >= 11 is 0. The summed E-state index contributed by atoms with van der Waals surface area (Å²) in [6.45, 7) is 7.12. The third-order valence-electron chi connectivity index (χ3n) is 4.97. The molecule has 29 heavy (non-hydrogen) atoms. The lowest BCUT2D eigenvalue weighted by Crippen LogP contribution is -2.37. The van der Waals surface area contributed by atoms with E-state index in [1.54, 1.807) is 13.1 Å². The zero-order valence-corrected chi connectivity index (χ0v) is 19.7. The predicted molar refractivity (Wildman–Crippen MR) is 121 cm³/mol. The number of nitrogens with zero attached hydrogens (tertiary/aromatic N) is 3. The zero-order valence-electron chi connectivity index (χ0n) is 17.4. The van der Waals surface area contributed by atoms with Gasteiger partial charge >= 0.3 is 6.18 Å². The highest BCUT2D eigenvalue weighted by atomic mass is 127. The van der Waals surface area contributed by atoms with Crippen LogP contribution in [0.4, 0.5) is 13.2 Å². The summed E-state index contributed by atoms with van der Waals surface area (Å²) in [4.78, 5) is 4.20. The fourth-order valence-electron chi connectivity index (χ4n) is 3.06. The molecule has 2 N–H and O–H groups in total. The molecule has 0 aliphatic carbocycles. The highest BCUT2D eigenvalue weighted by Gasteiger charge is 2.30. The van der Waals surface area contributed by atoms with Crippen molar-refractivity contribution in [2.45, 2.75) is 45.8 Å². The van der Waals surface area contributed by atoms with E-state index >= 15 is 0 Å². The van der Waals surface area contributed by atoms with E-state index in [1.165, 1.54) is 12.1 Å². The van der Waals surface area contributed by atoms with Gasteiger partial charge in [-0.3, -0.25) is 9.67 Å². The molecule has 1 aromatic heterocycles.